The molecule has 1 aromatic heterocycles. The summed E-state index contributed by atoms with van der Waals surface area (Å²) in [7, 11) is 0. The highest BCUT2D eigenvalue weighted by atomic mass is 15.1. The van der Waals surface area contributed by atoms with Crippen molar-refractivity contribution < 1.29 is 0 Å². The molecule has 3 rings (SSSR count). The van der Waals surface area contributed by atoms with Crippen LogP contribution < -0.4 is 15.5 Å². The Kier molecular flexibility index (Phi) is 7.29. The van der Waals surface area contributed by atoms with Crippen molar-refractivity contribution in [3.63, 3.8) is 0 Å². The minimum absolute atomic E-state index is 0.693. The molecule has 1 aromatic carbocycles. The van der Waals surface area contributed by atoms with Gasteiger partial charge in [-0.15, -0.1) is 0 Å². The van der Waals surface area contributed by atoms with Crippen LogP contribution >= 0.6 is 0 Å². The fourth-order valence-electron chi connectivity index (χ4n) is 3.67. The number of rotatable bonds is 9. The van der Waals surface area contributed by atoms with Gasteiger partial charge in [0.25, 0.3) is 0 Å². The van der Waals surface area contributed by atoms with Gasteiger partial charge in [-0.2, -0.15) is 4.98 Å². The van der Waals surface area contributed by atoms with Crippen molar-refractivity contribution in [1.29, 1.82) is 0 Å². The van der Waals surface area contributed by atoms with Crippen molar-refractivity contribution >= 4 is 23.1 Å². The van der Waals surface area contributed by atoms with E-state index in [9.17, 15) is 0 Å². The molecule has 150 valence electrons. The van der Waals surface area contributed by atoms with Crippen molar-refractivity contribution in [3.8, 4) is 0 Å². The quantitative estimate of drug-likeness (QED) is 0.549. The van der Waals surface area contributed by atoms with Crippen LogP contribution in [0, 0.1) is 6.92 Å². The largest absolute Gasteiger partial charge is 0.372 e. The standard InChI is InChI=1S/C23H33N5/c1-4-28(5-2)21-13-11-20(12-14-21)26-22-17-18(3)25-23(27-22)24-16-15-19-9-7-6-8-10-19/h9,11-14,17H,4-8,10,15-16H2,1-3H3,(H2,24,25,26,27). The van der Waals surface area contributed by atoms with Gasteiger partial charge in [0.05, 0.1) is 0 Å². The summed E-state index contributed by atoms with van der Waals surface area (Å²) < 4.78 is 0. The zero-order chi connectivity index (χ0) is 19.8. The molecule has 0 saturated heterocycles. The molecule has 5 heteroatoms. The van der Waals surface area contributed by atoms with E-state index in [1.165, 1.54) is 31.4 Å². The average Bonchev–Trinajstić information content (AvgIpc) is 2.71. The van der Waals surface area contributed by atoms with Gasteiger partial charge in [-0.1, -0.05) is 11.6 Å². The number of nitrogens with zero attached hydrogens (tertiary/aromatic N) is 3. The Balaban J connectivity index is 1.60. The first kappa shape index (κ1) is 20.2. The Morgan fingerprint density at radius 2 is 1.82 bits per heavy atom. The highest BCUT2D eigenvalue weighted by molar-refractivity contribution is 5.61. The van der Waals surface area contributed by atoms with Crippen LogP contribution in [-0.4, -0.2) is 29.6 Å². The van der Waals surface area contributed by atoms with E-state index in [2.05, 4.69) is 69.7 Å². The summed E-state index contributed by atoms with van der Waals surface area (Å²) in [5, 5.41) is 6.79. The van der Waals surface area contributed by atoms with Gasteiger partial charge in [-0.25, -0.2) is 4.98 Å². The lowest BCUT2D eigenvalue weighted by atomic mass is 9.97. The predicted octanol–water partition coefficient (Wildman–Crippen LogP) is 5.68. The normalized spacial score (nSPS) is 13.8. The summed E-state index contributed by atoms with van der Waals surface area (Å²) >= 11 is 0. The summed E-state index contributed by atoms with van der Waals surface area (Å²) in [5.41, 5.74) is 4.80. The number of benzene rings is 1. The minimum Gasteiger partial charge on any atom is -0.372 e. The van der Waals surface area contributed by atoms with E-state index in [1.54, 1.807) is 5.57 Å². The molecule has 2 aromatic rings. The number of nitrogens with one attached hydrogen (secondary N) is 2. The number of allylic oxidation sites excluding steroid dienone is 1. The second-order valence-electron chi connectivity index (χ2n) is 7.35. The minimum atomic E-state index is 0.693. The van der Waals surface area contributed by atoms with Gasteiger partial charge in [-0.3, -0.25) is 0 Å². The Morgan fingerprint density at radius 1 is 1.04 bits per heavy atom. The molecule has 28 heavy (non-hydrogen) atoms. The molecule has 0 bridgehead atoms. The highest BCUT2D eigenvalue weighted by Crippen LogP contribution is 2.22. The molecule has 5 nitrogen and oxygen atoms in total. The van der Waals surface area contributed by atoms with E-state index in [4.69, 9.17) is 0 Å². The Labute approximate surface area is 169 Å². The first-order chi connectivity index (χ1) is 13.7. The van der Waals surface area contributed by atoms with E-state index in [0.29, 0.717) is 5.95 Å². The van der Waals surface area contributed by atoms with Crippen molar-refractivity contribution in [2.45, 2.75) is 52.9 Å². The summed E-state index contributed by atoms with van der Waals surface area (Å²) in [5.74, 6) is 1.51. The molecule has 0 spiro atoms. The van der Waals surface area contributed by atoms with Crippen LogP contribution in [0.5, 0.6) is 0 Å². The van der Waals surface area contributed by atoms with Crippen LogP contribution in [0.1, 0.15) is 51.6 Å². The van der Waals surface area contributed by atoms with Gasteiger partial charge in [0.15, 0.2) is 0 Å². The van der Waals surface area contributed by atoms with E-state index in [1.807, 2.05) is 13.0 Å². The third-order valence-corrected chi connectivity index (χ3v) is 5.24. The Hall–Kier alpha value is -2.56. The predicted molar refractivity (Wildman–Crippen MR) is 120 cm³/mol. The molecule has 0 aliphatic heterocycles. The van der Waals surface area contributed by atoms with Crippen LogP contribution in [0.4, 0.5) is 23.1 Å². The molecule has 1 aliphatic carbocycles. The van der Waals surface area contributed by atoms with E-state index < -0.39 is 0 Å². The topological polar surface area (TPSA) is 53.1 Å². The Morgan fingerprint density at radius 3 is 2.50 bits per heavy atom. The number of anilines is 4. The van der Waals surface area contributed by atoms with Crippen molar-refractivity contribution in [2.75, 3.05) is 35.2 Å². The van der Waals surface area contributed by atoms with Crippen LogP contribution in [0.25, 0.3) is 0 Å². The summed E-state index contributed by atoms with van der Waals surface area (Å²) in [4.78, 5) is 11.5. The van der Waals surface area contributed by atoms with Gasteiger partial charge in [0, 0.05) is 42.8 Å². The van der Waals surface area contributed by atoms with Crippen molar-refractivity contribution in [1.82, 2.24) is 9.97 Å². The zero-order valence-corrected chi connectivity index (χ0v) is 17.5. The van der Waals surface area contributed by atoms with Crippen molar-refractivity contribution in [2.24, 2.45) is 0 Å². The first-order valence-electron chi connectivity index (χ1n) is 10.6. The second kappa shape index (κ2) is 10.1. The molecule has 0 unspecified atom stereocenters. The molecular weight excluding hydrogens is 346 g/mol. The highest BCUT2D eigenvalue weighted by Gasteiger charge is 2.06. The summed E-state index contributed by atoms with van der Waals surface area (Å²) in [6.45, 7) is 9.27. The summed E-state index contributed by atoms with van der Waals surface area (Å²) in [6.07, 6.45) is 8.62. The second-order valence-corrected chi connectivity index (χ2v) is 7.35. The van der Waals surface area contributed by atoms with Gasteiger partial charge in [0.1, 0.15) is 5.82 Å². The van der Waals surface area contributed by atoms with E-state index >= 15 is 0 Å². The molecule has 0 fully saturated rings. The average molecular weight is 380 g/mol. The maximum absolute atomic E-state index is 4.64. The van der Waals surface area contributed by atoms with E-state index in [0.717, 1.165) is 43.3 Å². The fraction of sp³-hybridized carbons (Fsp3) is 0.478. The van der Waals surface area contributed by atoms with Gasteiger partial charge in [-0.05, 0) is 77.1 Å². The molecule has 1 heterocycles. The van der Waals surface area contributed by atoms with Crippen LogP contribution in [0.2, 0.25) is 0 Å². The lowest BCUT2D eigenvalue weighted by Gasteiger charge is -2.21. The fourth-order valence-corrected chi connectivity index (χ4v) is 3.67. The third kappa shape index (κ3) is 5.72. The van der Waals surface area contributed by atoms with Gasteiger partial charge in [0.2, 0.25) is 5.95 Å². The Bertz CT molecular complexity index is 778. The lowest BCUT2D eigenvalue weighted by Crippen LogP contribution is -2.21. The van der Waals surface area contributed by atoms with Gasteiger partial charge >= 0.3 is 0 Å². The number of aryl methyl sites for hydroxylation is 1. The molecule has 0 atom stereocenters. The zero-order valence-electron chi connectivity index (χ0n) is 17.5. The first-order valence-corrected chi connectivity index (χ1v) is 10.6. The molecule has 0 saturated carbocycles. The number of hydrogen-bond acceptors (Lipinski definition) is 5. The maximum atomic E-state index is 4.64. The summed E-state index contributed by atoms with van der Waals surface area (Å²) in [6, 6.07) is 10.5. The molecule has 0 radical (unpaired) electrons. The van der Waals surface area contributed by atoms with Crippen molar-refractivity contribution in [3.05, 3.63) is 47.7 Å². The SMILES string of the molecule is CCN(CC)c1ccc(Nc2cc(C)nc(NCCC3=CCCCC3)n2)cc1. The van der Waals surface area contributed by atoms with Gasteiger partial charge < -0.3 is 15.5 Å². The number of hydrogen-bond donors (Lipinski definition) is 2. The molecular formula is C23H33N5. The lowest BCUT2D eigenvalue weighted by molar-refractivity contribution is 0.679. The van der Waals surface area contributed by atoms with Crippen LogP contribution in [0.3, 0.4) is 0 Å². The molecule has 0 amide bonds. The maximum Gasteiger partial charge on any atom is 0.224 e. The number of aromatic nitrogens is 2. The van der Waals surface area contributed by atoms with E-state index in [-0.39, 0.29) is 0 Å². The molecule has 1 aliphatic rings. The smallest absolute Gasteiger partial charge is 0.224 e. The van der Waals surface area contributed by atoms with Crippen LogP contribution in [-0.2, 0) is 0 Å². The molecule has 2 N–H and O–H groups in total. The monoisotopic (exact) mass is 379 g/mol. The van der Waals surface area contributed by atoms with Crippen LogP contribution in [0.15, 0.2) is 42.0 Å². The third-order valence-electron chi connectivity index (χ3n) is 5.24.